The van der Waals surface area contributed by atoms with Crippen molar-refractivity contribution in [3.05, 3.63) is 63.7 Å². The summed E-state index contributed by atoms with van der Waals surface area (Å²) in [7, 11) is 0. The molecule has 4 nitrogen and oxygen atoms in total. The predicted octanol–water partition coefficient (Wildman–Crippen LogP) is 4.20. The Labute approximate surface area is 159 Å². The summed E-state index contributed by atoms with van der Waals surface area (Å²) in [6, 6.07) is 11.5. The molecule has 0 unspecified atom stereocenters. The number of nitrogens with zero attached hydrogens (tertiary/aromatic N) is 2. The van der Waals surface area contributed by atoms with Gasteiger partial charge in [-0.1, -0.05) is 35.1 Å². The Kier molecular flexibility index (Phi) is 6.19. The molecule has 1 heterocycles. The molecule has 0 bridgehead atoms. The van der Waals surface area contributed by atoms with Crippen molar-refractivity contribution in [1.29, 1.82) is 0 Å². The molecule has 7 heteroatoms. The van der Waals surface area contributed by atoms with E-state index in [0.717, 1.165) is 15.8 Å². The molecular weight excluding hydrogens is 375 g/mol. The average molecular weight is 393 g/mol. The zero-order valence-electron chi connectivity index (χ0n) is 14.2. The molecule has 1 aromatic heterocycles. The average Bonchev–Trinajstić information content (AvgIpc) is 2.93. The third-order valence-corrected chi connectivity index (χ3v) is 5.07. The lowest BCUT2D eigenvalue weighted by molar-refractivity contribution is -0.117. The van der Waals surface area contributed by atoms with E-state index in [2.05, 4.69) is 4.99 Å². The van der Waals surface area contributed by atoms with Crippen molar-refractivity contribution in [2.45, 2.75) is 19.9 Å². The van der Waals surface area contributed by atoms with Crippen molar-refractivity contribution >= 4 is 39.1 Å². The van der Waals surface area contributed by atoms with E-state index in [1.165, 1.54) is 23.5 Å². The maximum atomic E-state index is 13.0. The summed E-state index contributed by atoms with van der Waals surface area (Å²) in [6.45, 7) is 3.69. The van der Waals surface area contributed by atoms with Crippen molar-refractivity contribution < 1.29 is 13.9 Å². The topological polar surface area (TPSA) is 43.6 Å². The summed E-state index contributed by atoms with van der Waals surface area (Å²) in [5, 5.41) is 0.639. The van der Waals surface area contributed by atoms with Gasteiger partial charge in [-0.25, -0.2) is 4.39 Å². The van der Waals surface area contributed by atoms with Crippen LogP contribution in [0.25, 0.3) is 10.2 Å². The lowest BCUT2D eigenvalue weighted by Gasteiger charge is -2.05. The molecule has 0 spiro atoms. The van der Waals surface area contributed by atoms with Gasteiger partial charge in [0.05, 0.1) is 23.2 Å². The third kappa shape index (κ3) is 4.58. The first kappa shape index (κ1) is 18.8. The molecule has 0 saturated heterocycles. The van der Waals surface area contributed by atoms with Gasteiger partial charge in [0.1, 0.15) is 5.82 Å². The van der Waals surface area contributed by atoms with E-state index in [0.29, 0.717) is 29.6 Å². The molecule has 0 aliphatic carbocycles. The number of carbonyl (C=O) groups excluding carboxylic acids is 1. The Balaban J connectivity index is 1.93. The SMILES string of the molecule is CCOCCn1c(=NC(=O)Cc2ccc(F)cc2)sc2cc(Cl)ccc21. The minimum atomic E-state index is -0.326. The van der Waals surface area contributed by atoms with Gasteiger partial charge in [-0.05, 0) is 42.8 Å². The Bertz CT molecular complexity index is 979. The van der Waals surface area contributed by atoms with Gasteiger partial charge in [0.2, 0.25) is 0 Å². The van der Waals surface area contributed by atoms with Crippen LogP contribution in [0.4, 0.5) is 4.39 Å². The highest BCUT2D eigenvalue weighted by atomic mass is 35.5. The molecular formula is C19H18ClFN2O2S. The smallest absolute Gasteiger partial charge is 0.252 e. The number of aromatic nitrogens is 1. The Morgan fingerprint density at radius 3 is 2.77 bits per heavy atom. The Hall–Kier alpha value is -2.02. The van der Waals surface area contributed by atoms with Crippen LogP contribution in [0, 0.1) is 5.82 Å². The highest BCUT2D eigenvalue weighted by Crippen LogP contribution is 2.22. The second kappa shape index (κ2) is 8.58. The predicted molar refractivity (Wildman–Crippen MR) is 102 cm³/mol. The van der Waals surface area contributed by atoms with E-state index in [4.69, 9.17) is 16.3 Å². The molecule has 0 N–H and O–H groups in total. The number of benzene rings is 2. The number of ether oxygens (including phenoxy) is 1. The Morgan fingerprint density at radius 1 is 1.27 bits per heavy atom. The maximum Gasteiger partial charge on any atom is 0.252 e. The minimum Gasteiger partial charge on any atom is -0.380 e. The van der Waals surface area contributed by atoms with Gasteiger partial charge in [0.15, 0.2) is 4.80 Å². The zero-order valence-corrected chi connectivity index (χ0v) is 15.8. The fourth-order valence-corrected chi connectivity index (χ4v) is 3.92. The first-order valence-corrected chi connectivity index (χ1v) is 9.45. The molecule has 3 aromatic rings. The molecule has 1 amide bonds. The van der Waals surface area contributed by atoms with E-state index < -0.39 is 0 Å². The van der Waals surface area contributed by atoms with Gasteiger partial charge in [0.25, 0.3) is 5.91 Å². The van der Waals surface area contributed by atoms with Gasteiger partial charge >= 0.3 is 0 Å². The van der Waals surface area contributed by atoms with Gasteiger partial charge in [-0.2, -0.15) is 4.99 Å². The molecule has 0 saturated carbocycles. The molecule has 0 aliphatic rings. The number of rotatable bonds is 6. The van der Waals surface area contributed by atoms with Crippen molar-refractivity contribution in [2.24, 2.45) is 4.99 Å². The van der Waals surface area contributed by atoms with E-state index in [1.54, 1.807) is 12.1 Å². The third-order valence-electron chi connectivity index (χ3n) is 3.80. The summed E-state index contributed by atoms with van der Waals surface area (Å²) in [5.41, 5.74) is 1.69. The van der Waals surface area contributed by atoms with Crippen LogP contribution in [-0.4, -0.2) is 23.7 Å². The number of hydrogen-bond acceptors (Lipinski definition) is 3. The summed E-state index contributed by atoms with van der Waals surface area (Å²) < 4.78 is 21.4. The van der Waals surface area contributed by atoms with Crippen molar-refractivity contribution in [2.75, 3.05) is 13.2 Å². The van der Waals surface area contributed by atoms with Crippen LogP contribution in [0.2, 0.25) is 5.02 Å². The summed E-state index contributed by atoms with van der Waals surface area (Å²) in [4.78, 5) is 17.2. The number of amides is 1. The molecule has 26 heavy (non-hydrogen) atoms. The van der Waals surface area contributed by atoms with Gasteiger partial charge in [-0.15, -0.1) is 0 Å². The number of fused-ring (bicyclic) bond motifs is 1. The van der Waals surface area contributed by atoms with Crippen LogP contribution >= 0.6 is 22.9 Å². The minimum absolute atomic E-state index is 0.126. The number of halogens is 2. The summed E-state index contributed by atoms with van der Waals surface area (Å²) in [5.74, 6) is -0.604. The lowest BCUT2D eigenvalue weighted by Crippen LogP contribution is -2.20. The van der Waals surface area contributed by atoms with E-state index >= 15 is 0 Å². The van der Waals surface area contributed by atoms with Crippen molar-refractivity contribution in [1.82, 2.24) is 4.57 Å². The van der Waals surface area contributed by atoms with E-state index in [1.807, 2.05) is 29.7 Å². The number of hydrogen-bond donors (Lipinski definition) is 0. The van der Waals surface area contributed by atoms with Crippen LogP contribution in [0.5, 0.6) is 0 Å². The molecule has 2 aromatic carbocycles. The lowest BCUT2D eigenvalue weighted by atomic mass is 10.1. The second-order valence-electron chi connectivity index (χ2n) is 5.65. The molecule has 136 valence electrons. The van der Waals surface area contributed by atoms with E-state index in [9.17, 15) is 9.18 Å². The number of thiazole rings is 1. The zero-order chi connectivity index (χ0) is 18.5. The van der Waals surface area contributed by atoms with Crippen LogP contribution in [0.3, 0.4) is 0 Å². The fourth-order valence-electron chi connectivity index (χ4n) is 2.57. The van der Waals surface area contributed by atoms with Gasteiger partial charge < -0.3 is 9.30 Å². The molecule has 3 rings (SSSR count). The molecule has 0 aliphatic heterocycles. The molecule has 0 radical (unpaired) electrons. The highest BCUT2D eigenvalue weighted by molar-refractivity contribution is 7.16. The van der Waals surface area contributed by atoms with Crippen LogP contribution in [0.1, 0.15) is 12.5 Å². The van der Waals surface area contributed by atoms with Crippen LogP contribution < -0.4 is 4.80 Å². The number of carbonyl (C=O) groups is 1. The van der Waals surface area contributed by atoms with Crippen molar-refractivity contribution in [3.63, 3.8) is 0 Å². The largest absolute Gasteiger partial charge is 0.380 e. The quantitative estimate of drug-likeness (QED) is 0.590. The maximum absolute atomic E-state index is 13.0. The standard InChI is InChI=1S/C19H18ClFN2O2S/c1-2-25-10-9-23-16-8-5-14(20)12-17(16)26-19(23)22-18(24)11-13-3-6-15(21)7-4-13/h3-8,12H,2,9-11H2,1H3. The Morgan fingerprint density at radius 2 is 2.04 bits per heavy atom. The van der Waals surface area contributed by atoms with Crippen molar-refractivity contribution in [3.8, 4) is 0 Å². The highest BCUT2D eigenvalue weighted by Gasteiger charge is 2.09. The van der Waals surface area contributed by atoms with Gasteiger partial charge in [0, 0.05) is 18.2 Å². The van der Waals surface area contributed by atoms with E-state index in [-0.39, 0.29) is 18.1 Å². The first-order valence-electron chi connectivity index (χ1n) is 8.25. The summed E-state index contributed by atoms with van der Waals surface area (Å²) >= 11 is 7.49. The first-order chi connectivity index (χ1) is 12.6. The molecule has 0 atom stereocenters. The van der Waals surface area contributed by atoms with Crippen LogP contribution in [-0.2, 0) is 22.5 Å². The molecule has 0 fully saturated rings. The summed E-state index contributed by atoms with van der Waals surface area (Å²) in [6.07, 6.45) is 0.126. The second-order valence-corrected chi connectivity index (χ2v) is 7.10. The van der Waals surface area contributed by atoms with Gasteiger partial charge in [-0.3, -0.25) is 4.79 Å². The monoisotopic (exact) mass is 392 g/mol. The van der Waals surface area contributed by atoms with Crippen LogP contribution in [0.15, 0.2) is 47.5 Å². The fraction of sp³-hybridized carbons (Fsp3) is 0.263. The normalized spacial score (nSPS) is 12.0.